The van der Waals surface area contributed by atoms with Gasteiger partial charge in [0, 0.05) is 18.1 Å². The van der Waals surface area contributed by atoms with E-state index in [0.29, 0.717) is 10.3 Å². The maximum absolute atomic E-state index is 5.99. The molecule has 8 heteroatoms. The van der Waals surface area contributed by atoms with Gasteiger partial charge in [-0.15, -0.1) is 0 Å². The Bertz CT molecular complexity index is 1170. The molecule has 0 aliphatic heterocycles. The van der Waals surface area contributed by atoms with Gasteiger partial charge in [-0.25, -0.2) is 19.9 Å². The number of nitrogens with one attached hydrogen (secondary N) is 1. The van der Waals surface area contributed by atoms with Gasteiger partial charge in [-0.2, -0.15) is 0 Å². The summed E-state index contributed by atoms with van der Waals surface area (Å²) in [5.74, 6) is 0. The summed E-state index contributed by atoms with van der Waals surface area (Å²) in [6.07, 6.45) is 6.64. The van der Waals surface area contributed by atoms with Crippen LogP contribution < -0.4 is 0 Å². The molecule has 0 amide bonds. The Balaban J connectivity index is 0.000000144. The molecule has 0 radical (unpaired) electrons. The lowest BCUT2D eigenvalue weighted by Crippen LogP contribution is -1.93. The van der Waals surface area contributed by atoms with Crippen LogP contribution in [-0.4, -0.2) is 29.5 Å². The van der Waals surface area contributed by atoms with Crippen molar-refractivity contribution in [3.8, 4) is 5.69 Å². The number of H-pyrrole nitrogens is 1. The van der Waals surface area contributed by atoms with E-state index in [9.17, 15) is 0 Å². The Kier molecular flexibility index (Phi) is 4.51. The summed E-state index contributed by atoms with van der Waals surface area (Å²) in [5, 5.41) is 2.71. The largest absolute Gasteiger partial charge is 0.346 e. The molecule has 0 unspecified atom stereocenters. The zero-order valence-corrected chi connectivity index (χ0v) is 14.9. The predicted octanol–water partition coefficient (Wildman–Crippen LogP) is 4.69. The van der Waals surface area contributed by atoms with E-state index in [-0.39, 0.29) is 0 Å². The van der Waals surface area contributed by atoms with Crippen molar-refractivity contribution in [1.82, 2.24) is 29.5 Å². The molecule has 5 aromatic rings. The second kappa shape index (κ2) is 7.11. The first-order chi connectivity index (χ1) is 12.7. The number of nitrogens with zero attached hydrogens (tertiary/aromatic N) is 5. The van der Waals surface area contributed by atoms with Crippen molar-refractivity contribution >= 4 is 45.3 Å². The first kappa shape index (κ1) is 16.5. The first-order valence-electron chi connectivity index (χ1n) is 7.70. The van der Waals surface area contributed by atoms with Gasteiger partial charge in [0.25, 0.3) is 0 Å². The van der Waals surface area contributed by atoms with E-state index >= 15 is 0 Å². The van der Waals surface area contributed by atoms with Gasteiger partial charge in [0.2, 0.25) is 0 Å². The Hall–Kier alpha value is -2.96. The lowest BCUT2D eigenvalue weighted by atomic mass is 10.3. The molecule has 0 spiro atoms. The molecular weight excluding hydrogens is 371 g/mol. The number of benzene rings is 1. The molecule has 0 fully saturated rings. The summed E-state index contributed by atoms with van der Waals surface area (Å²) in [5.41, 5.74) is 2.67. The highest BCUT2D eigenvalue weighted by Gasteiger charge is 2.07. The molecule has 0 aliphatic rings. The summed E-state index contributed by atoms with van der Waals surface area (Å²) in [6.45, 7) is 0. The maximum Gasteiger partial charge on any atom is 0.149 e. The molecule has 0 bridgehead atoms. The summed E-state index contributed by atoms with van der Waals surface area (Å²) in [6, 6.07) is 13.8. The van der Waals surface area contributed by atoms with Gasteiger partial charge in [-0.3, -0.25) is 0 Å². The third-order valence-electron chi connectivity index (χ3n) is 3.77. The van der Waals surface area contributed by atoms with Gasteiger partial charge >= 0.3 is 0 Å². The molecular formula is C18H12Cl2N6. The molecule has 4 aromatic heterocycles. The van der Waals surface area contributed by atoms with Crippen LogP contribution >= 0.6 is 23.2 Å². The van der Waals surface area contributed by atoms with Crippen LogP contribution in [0.15, 0.2) is 67.5 Å². The van der Waals surface area contributed by atoms with Gasteiger partial charge in [0.15, 0.2) is 0 Å². The van der Waals surface area contributed by atoms with E-state index in [4.69, 9.17) is 23.2 Å². The molecule has 128 valence electrons. The lowest BCUT2D eigenvalue weighted by molar-refractivity contribution is 1.08. The SMILES string of the molecule is Clc1ncnc2[nH]ccc12.Clc1ncnc2c1ccn2-c1ccccc1. The van der Waals surface area contributed by atoms with Gasteiger partial charge in [0.05, 0.1) is 10.8 Å². The first-order valence-corrected chi connectivity index (χ1v) is 8.46. The van der Waals surface area contributed by atoms with Crippen molar-refractivity contribution in [3.63, 3.8) is 0 Å². The summed E-state index contributed by atoms with van der Waals surface area (Å²) in [7, 11) is 0. The lowest BCUT2D eigenvalue weighted by Gasteiger charge is -2.03. The topological polar surface area (TPSA) is 72.3 Å². The van der Waals surface area contributed by atoms with Gasteiger partial charge in [-0.1, -0.05) is 41.4 Å². The van der Waals surface area contributed by atoms with Gasteiger partial charge in [-0.05, 0) is 24.3 Å². The third kappa shape index (κ3) is 3.12. The van der Waals surface area contributed by atoms with Crippen molar-refractivity contribution < 1.29 is 0 Å². The molecule has 0 atom stereocenters. The molecule has 26 heavy (non-hydrogen) atoms. The van der Waals surface area contributed by atoms with Crippen molar-refractivity contribution in [2.75, 3.05) is 0 Å². The molecule has 5 rings (SSSR count). The third-order valence-corrected chi connectivity index (χ3v) is 4.37. The monoisotopic (exact) mass is 382 g/mol. The van der Waals surface area contributed by atoms with Gasteiger partial charge in [0.1, 0.15) is 34.3 Å². The van der Waals surface area contributed by atoms with Crippen LogP contribution in [0, 0.1) is 0 Å². The summed E-state index contributed by atoms with van der Waals surface area (Å²) < 4.78 is 1.99. The average molecular weight is 383 g/mol. The standard InChI is InChI=1S/C12H8ClN3.C6H4ClN3/c13-11-10-6-7-16(12(10)15-8-14-11)9-4-2-1-3-5-9;7-5-4-1-2-8-6(4)10-3-9-5/h1-8H;1-3H,(H,8,9,10). The van der Waals surface area contributed by atoms with E-state index in [1.165, 1.54) is 12.7 Å². The number of halogens is 2. The number of para-hydroxylation sites is 1. The Morgan fingerprint density at radius 1 is 0.769 bits per heavy atom. The number of aromatic nitrogens is 6. The van der Waals surface area contributed by atoms with Crippen LogP contribution in [0.3, 0.4) is 0 Å². The molecule has 1 aromatic carbocycles. The highest BCUT2D eigenvalue weighted by Crippen LogP contribution is 2.22. The Morgan fingerprint density at radius 3 is 2.27 bits per heavy atom. The Morgan fingerprint density at radius 2 is 1.50 bits per heavy atom. The van der Waals surface area contributed by atoms with Crippen molar-refractivity contribution in [2.24, 2.45) is 0 Å². The van der Waals surface area contributed by atoms with E-state index in [1.807, 2.05) is 53.2 Å². The summed E-state index contributed by atoms with van der Waals surface area (Å²) in [4.78, 5) is 18.9. The minimum atomic E-state index is 0.486. The highest BCUT2D eigenvalue weighted by molar-refractivity contribution is 6.34. The normalized spacial score (nSPS) is 10.7. The van der Waals surface area contributed by atoms with Crippen LogP contribution in [-0.2, 0) is 0 Å². The number of fused-ring (bicyclic) bond motifs is 2. The van der Waals surface area contributed by atoms with Crippen LogP contribution in [0.1, 0.15) is 0 Å². The molecule has 0 saturated carbocycles. The van der Waals surface area contributed by atoms with E-state index in [2.05, 4.69) is 24.9 Å². The second-order valence-electron chi connectivity index (χ2n) is 5.33. The number of rotatable bonds is 1. The summed E-state index contributed by atoms with van der Waals surface area (Å²) >= 11 is 11.7. The molecule has 6 nitrogen and oxygen atoms in total. The van der Waals surface area contributed by atoms with Crippen LogP contribution in [0.4, 0.5) is 0 Å². The fourth-order valence-corrected chi connectivity index (χ4v) is 2.95. The zero-order valence-electron chi connectivity index (χ0n) is 13.3. The fraction of sp³-hybridized carbons (Fsp3) is 0. The maximum atomic E-state index is 5.99. The average Bonchev–Trinajstić information content (AvgIpc) is 3.31. The molecule has 0 saturated heterocycles. The van der Waals surface area contributed by atoms with E-state index < -0.39 is 0 Å². The zero-order chi connectivity index (χ0) is 17.9. The van der Waals surface area contributed by atoms with Crippen molar-refractivity contribution in [3.05, 3.63) is 77.8 Å². The molecule has 0 aliphatic carbocycles. The molecule has 4 heterocycles. The Labute approximate surface area is 158 Å². The quantitative estimate of drug-likeness (QED) is 0.427. The van der Waals surface area contributed by atoms with Crippen molar-refractivity contribution in [2.45, 2.75) is 0 Å². The van der Waals surface area contributed by atoms with Crippen LogP contribution in [0.2, 0.25) is 10.3 Å². The minimum Gasteiger partial charge on any atom is -0.346 e. The number of hydrogen-bond acceptors (Lipinski definition) is 4. The smallest absolute Gasteiger partial charge is 0.149 e. The van der Waals surface area contributed by atoms with Gasteiger partial charge < -0.3 is 9.55 Å². The predicted molar refractivity (Wildman–Crippen MR) is 103 cm³/mol. The minimum absolute atomic E-state index is 0.486. The number of hydrogen-bond donors (Lipinski definition) is 1. The fourth-order valence-electron chi connectivity index (χ4n) is 2.56. The molecule has 1 N–H and O–H groups in total. The van der Waals surface area contributed by atoms with Crippen LogP contribution in [0.25, 0.3) is 27.8 Å². The number of aromatic amines is 1. The van der Waals surface area contributed by atoms with Crippen molar-refractivity contribution in [1.29, 1.82) is 0 Å². The second-order valence-corrected chi connectivity index (χ2v) is 6.04. The van der Waals surface area contributed by atoms with Crippen LogP contribution in [0.5, 0.6) is 0 Å². The van der Waals surface area contributed by atoms with E-state index in [1.54, 1.807) is 6.20 Å². The highest BCUT2D eigenvalue weighted by atomic mass is 35.5. The van der Waals surface area contributed by atoms with E-state index in [0.717, 1.165) is 27.8 Å².